The molecule has 22 heavy (non-hydrogen) atoms. The van der Waals surface area contributed by atoms with E-state index in [1.54, 1.807) is 0 Å². The van der Waals surface area contributed by atoms with E-state index in [0.29, 0.717) is 31.9 Å². The molecule has 2 heterocycles. The first-order valence-corrected chi connectivity index (χ1v) is 7.82. The predicted octanol–water partition coefficient (Wildman–Crippen LogP) is 2.55. The molecule has 1 aromatic heterocycles. The first kappa shape index (κ1) is 15.1. The van der Waals surface area contributed by atoms with E-state index in [9.17, 15) is 5.11 Å². The monoisotopic (exact) mass is 302 g/mol. The molecule has 2 aromatic rings. The third kappa shape index (κ3) is 3.31. The van der Waals surface area contributed by atoms with Crippen molar-refractivity contribution in [3.05, 3.63) is 47.5 Å². The highest BCUT2D eigenvalue weighted by atomic mass is 16.5. The van der Waals surface area contributed by atoms with Gasteiger partial charge in [0.25, 0.3) is 0 Å². The molecule has 0 spiro atoms. The van der Waals surface area contributed by atoms with Crippen molar-refractivity contribution in [2.45, 2.75) is 25.9 Å². The number of hydrogen-bond acceptors (Lipinski definition) is 5. The molecule has 0 radical (unpaired) electrons. The molecule has 1 aliphatic heterocycles. The first-order valence-electron chi connectivity index (χ1n) is 7.82. The minimum absolute atomic E-state index is 0.412. The number of ether oxygens (including phenoxy) is 1. The number of nitrogens with zero attached hydrogens (tertiary/aromatic N) is 2. The molecule has 1 unspecified atom stereocenters. The smallest absolute Gasteiger partial charge is 0.226 e. The Morgan fingerprint density at radius 2 is 1.95 bits per heavy atom. The molecule has 0 aliphatic carbocycles. The molecule has 3 rings (SSSR count). The summed E-state index contributed by atoms with van der Waals surface area (Å²) in [7, 11) is 0. The van der Waals surface area contributed by atoms with Crippen LogP contribution < -0.4 is 4.90 Å². The number of aliphatic hydroxyl groups is 1. The van der Waals surface area contributed by atoms with E-state index in [2.05, 4.69) is 22.0 Å². The zero-order valence-corrected chi connectivity index (χ0v) is 12.9. The SMILES string of the molecule is CCC(O)c1nc(Cc2ccccc2)c(N2CCOCC2)o1. The number of aromatic nitrogens is 1. The van der Waals surface area contributed by atoms with Crippen LogP contribution in [0.25, 0.3) is 0 Å². The molecule has 1 N–H and O–H groups in total. The Morgan fingerprint density at radius 1 is 1.23 bits per heavy atom. The fourth-order valence-corrected chi connectivity index (χ4v) is 2.60. The Bertz CT molecular complexity index is 591. The fourth-order valence-electron chi connectivity index (χ4n) is 2.60. The van der Waals surface area contributed by atoms with E-state index >= 15 is 0 Å². The normalized spacial score (nSPS) is 16.7. The maximum Gasteiger partial charge on any atom is 0.226 e. The average molecular weight is 302 g/mol. The summed E-state index contributed by atoms with van der Waals surface area (Å²) < 4.78 is 11.3. The van der Waals surface area contributed by atoms with Crippen molar-refractivity contribution < 1.29 is 14.3 Å². The second kappa shape index (κ2) is 6.94. The summed E-state index contributed by atoms with van der Waals surface area (Å²) in [6, 6.07) is 10.2. The van der Waals surface area contributed by atoms with Crippen molar-refractivity contribution in [3.63, 3.8) is 0 Å². The number of anilines is 1. The summed E-state index contributed by atoms with van der Waals surface area (Å²) in [4.78, 5) is 6.71. The van der Waals surface area contributed by atoms with Crippen LogP contribution in [0.5, 0.6) is 0 Å². The molecule has 1 atom stereocenters. The lowest BCUT2D eigenvalue weighted by Gasteiger charge is -2.26. The molecule has 1 aliphatic rings. The van der Waals surface area contributed by atoms with Gasteiger partial charge in [-0.15, -0.1) is 0 Å². The molecule has 5 nitrogen and oxygen atoms in total. The maximum atomic E-state index is 10.0. The third-order valence-electron chi connectivity index (χ3n) is 3.88. The van der Waals surface area contributed by atoms with Crippen LogP contribution in [-0.4, -0.2) is 36.4 Å². The second-order valence-electron chi connectivity index (χ2n) is 5.49. The number of oxazole rings is 1. The Hall–Kier alpha value is -1.85. The van der Waals surface area contributed by atoms with Gasteiger partial charge in [-0.05, 0) is 12.0 Å². The van der Waals surface area contributed by atoms with E-state index in [1.807, 2.05) is 25.1 Å². The molecule has 0 saturated carbocycles. The van der Waals surface area contributed by atoms with Crippen LogP contribution in [0.3, 0.4) is 0 Å². The van der Waals surface area contributed by atoms with Gasteiger partial charge in [0.2, 0.25) is 11.8 Å². The summed E-state index contributed by atoms with van der Waals surface area (Å²) >= 11 is 0. The molecular formula is C17H22N2O3. The summed E-state index contributed by atoms with van der Waals surface area (Å²) in [5.41, 5.74) is 2.07. The van der Waals surface area contributed by atoms with Crippen molar-refractivity contribution >= 4 is 5.88 Å². The lowest BCUT2D eigenvalue weighted by Crippen LogP contribution is -2.36. The molecule has 5 heteroatoms. The van der Waals surface area contributed by atoms with Crippen molar-refractivity contribution in [1.82, 2.24) is 4.98 Å². The molecule has 0 amide bonds. The highest BCUT2D eigenvalue weighted by Crippen LogP contribution is 2.29. The number of benzene rings is 1. The number of rotatable bonds is 5. The lowest BCUT2D eigenvalue weighted by molar-refractivity contribution is 0.118. The third-order valence-corrected chi connectivity index (χ3v) is 3.88. The lowest BCUT2D eigenvalue weighted by atomic mass is 10.1. The van der Waals surface area contributed by atoms with Crippen LogP contribution in [0.4, 0.5) is 5.88 Å². The minimum atomic E-state index is -0.649. The van der Waals surface area contributed by atoms with E-state index in [1.165, 1.54) is 5.56 Å². The van der Waals surface area contributed by atoms with Crippen molar-refractivity contribution in [2.75, 3.05) is 31.2 Å². The van der Waals surface area contributed by atoms with Gasteiger partial charge in [-0.3, -0.25) is 0 Å². The molecule has 0 bridgehead atoms. The summed E-state index contributed by atoms with van der Waals surface area (Å²) in [6.07, 6.45) is 0.644. The Labute approximate surface area is 130 Å². The Kier molecular flexibility index (Phi) is 4.75. The van der Waals surface area contributed by atoms with Crippen LogP contribution >= 0.6 is 0 Å². The standard InChI is InChI=1S/C17H22N2O3/c1-2-15(20)16-18-14(12-13-6-4-3-5-7-13)17(22-16)19-8-10-21-11-9-19/h3-7,15,20H,2,8-12H2,1H3. The van der Waals surface area contributed by atoms with E-state index in [4.69, 9.17) is 9.15 Å². The quantitative estimate of drug-likeness (QED) is 0.920. The molecule has 1 aromatic carbocycles. The van der Waals surface area contributed by atoms with E-state index < -0.39 is 6.10 Å². The topological polar surface area (TPSA) is 58.7 Å². The van der Waals surface area contributed by atoms with Crippen LogP contribution in [0.1, 0.15) is 36.6 Å². The number of hydrogen-bond donors (Lipinski definition) is 1. The Balaban J connectivity index is 1.89. The summed E-state index contributed by atoms with van der Waals surface area (Å²) in [6.45, 7) is 4.88. The number of aliphatic hydroxyl groups excluding tert-OH is 1. The van der Waals surface area contributed by atoms with Crippen LogP contribution in [-0.2, 0) is 11.2 Å². The zero-order valence-electron chi connectivity index (χ0n) is 12.9. The van der Waals surface area contributed by atoms with Gasteiger partial charge in [0.15, 0.2) is 0 Å². The fraction of sp³-hybridized carbons (Fsp3) is 0.471. The van der Waals surface area contributed by atoms with E-state index in [0.717, 1.165) is 24.7 Å². The Morgan fingerprint density at radius 3 is 2.64 bits per heavy atom. The summed E-state index contributed by atoms with van der Waals surface area (Å²) in [5, 5.41) is 10.0. The summed E-state index contributed by atoms with van der Waals surface area (Å²) in [5.74, 6) is 1.18. The zero-order chi connectivity index (χ0) is 15.4. The first-order chi connectivity index (χ1) is 10.8. The van der Waals surface area contributed by atoms with Crippen molar-refractivity contribution in [3.8, 4) is 0 Å². The van der Waals surface area contributed by atoms with Gasteiger partial charge < -0.3 is 19.2 Å². The maximum absolute atomic E-state index is 10.0. The average Bonchev–Trinajstić information content (AvgIpc) is 3.00. The largest absolute Gasteiger partial charge is 0.422 e. The van der Waals surface area contributed by atoms with Crippen LogP contribution in [0.2, 0.25) is 0 Å². The van der Waals surface area contributed by atoms with Crippen molar-refractivity contribution in [1.29, 1.82) is 0 Å². The van der Waals surface area contributed by atoms with Gasteiger partial charge in [-0.2, -0.15) is 0 Å². The van der Waals surface area contributed by atoms with Gasteiger partial charge in [0, 0.05) is 19.5 Å². The molecular weight excluding hydrogens is 280 g/mol. The highest BCUT2D eigenvalue weighted by Gasteiger charge is 2.24. The van der Waals surface area contributed by atoms with Gasteiger partial charge in [0.05, 0.1) is 13.2 Å². The van der Waals surface area contributed by atoms with Gasteiger partial charge >= 0.3 is 0 Å². The van der Waals surface area contributed by atoms with Gasteiger partial charge in [-0.1, -0.05) is 37.3 Å². The second-order valence-corrected chi connectivity index (χ2v) is 5.49. The molecule has 1 saturated heterocycles. The van der Waals surface area contributed by atoms with Crippen molar-refractivity contribution in [2.24, 2.45) is 0 Å². The van der Waals surface area contributed by atoms with Crippen LogP contribution in [0.15, 0.2) is 34.7 Å². The highest BCUT2D eigenvalue weighted by molar-refractivity contribution is 5.44. The molecule has 1 fully saturated rings. The molecule has 118 valence electrons. The van der Waals surface area contributed by atoms with Gasteiger partial charge in [-0.25, -0.2) is 4.98 Å². The minimum Gasteiger partial charge on any atom is -0.422 e. The van der Waals surface area contributed by atoms with Crippen LogP contribution in [0, 0.1) is 0 Å². The predicted molar refractivity (Wildman–Crippen MR) is 84.0 cm³/mol. The number of morpholine rings is 1. The van der Waals surface area contributed by atoms with E-state index in [-0.39, 0.29) is 0 Å². The van der Waals surface area contributed by atoms with Gasteiger partial charge in [0.1, 0.15) is 11.8 Å².